The highest BCUT2D eigenvalue weighted by molar-refractivity contribution is 5.74. The zero-order chi connectivity index (χ0) is 12.4. The molecule has 17 heavy (non-hydrogen) atoms. The first kappa shape index (κ1) is 11.1. The van der Waals surface area contributed by atoms with E-state index in [0.717, 1.165) is 6.07 Å². The molecular weight excluding hydrogens is 222 g/mol. The van der Waals surface area contributed by atoms with Crippen LogP contribution in [0.25, 0.3) is 11.1 Å². The van der Waals surface area contributed by atoms with Crippen molar-refractivity contribution in [3.05, 3.63) is 53.6 Å². The Labute approximate surface area is 96.9 Å². The molecule has 2 N–H and O–H groups in total. The Morgan fingerprint density at radius 1 is 1.06 bits per heavy atom. The molecule has 2 rings (SSSR count). The SMILES string of the molecule is N#Cc1cccc(F)c1-c1cc(N)ccc1F. The van der Waals surface area contributed by atoms with E-state index in [2.05, 4.69) is 0 Å². The third-order valence-corrected chi connectivity index (χ3v) is 2.39. The summed E-state index contributed by atoms with van der Waals surface area (Å²) in [5.74, 6) is -1.26. The van der Waals surface area contributed by atoms with Crippen LogP contribution in [0.1, 0.15) is 5.56 Å². The van der Waals surface area contributed by atoms with E-state index in [1.165, 1.54) is 30.3 Å². The van der Waals surface area contributed by atoms with Crippen molar-refractivity contribution in [2.24, 2.45) is 0 Å². The van der Waals surface area contributed by atoms with Crippen molar-refractivity contribution >= 4 is 5.69 Å². The third-order valence-electron chi connectivity index (χ3n) is 2.39. The van der Waals surface area contributed by atoms with Crippen LogP contribution in [0.15, 0.2) is 36.4 Å². The number of hydrogen-bond donors (Lipinski definition) is 1. The van der Waals surface area contributed by atoms with Crippen molar-refractivity contribution in [3.8, 4) is 17.2 Å². The third kappa shape index (κ3) is 1.95. The molecule has 84 valence electrons. The fourth-order valence-electron chi connectivity index (χ4n) is 1.63. The molecule has 0 bridgehead atoms. The van der Waals surface area contributed by atoms with Crippen LogP contribution in [0.3, 0.4) is 0 Å². The predicted octanol–water partition coefficient (Wildman–Crippen LogP) is 3.09. The summed E-state index contributed by atoms with van der Waals surface area (Å²) in [5.41, 5.74) is 5.87. The number of nitrogens with zero attached hydrogens (tertiary/aromatic N) is 1. The van der Waals surface area contributed by atoms with Gasteiger partial charge in [0.1, 0.15) is 11.6 Å². The van der Waals surface area contributed by atoms with Gasteiger partial charge in [-0.2, -0.15) is 5.26 Å². The maximum Gasteiger partial charge on any atom is 0.132 e. The Morgan fingerprint density at radius 3 is 2.53 bits per heavy atom. The van der Waals surface area contributed by atoms with Gasteiger partial charge in [0, 0.05) is 16.8 Å². The lowest BCUT2D eigenvalue weighted by atomic mass is 9.99. The van der Waals surface area contributed by atoms with Crippen LogP contribution >= 0.6 is 0 Å². The highest BCUT2D eigenvalue weighted by Crippen LogP contribution is 2.30. The lowest BCUT2D eigenvalue weighted by Gasteiger charge is -2.07. The minimum absolute atomic E-state index is 0.000324. The van der Waals surface area contributed by atoms with E-state index in [9.17, 15) is 8.78 Å². The summed E-state index contributed by atoms with van der Waals surface area (Å²) < 4.78 is 27.3. The molecule has 2 aromatic rings. The number of benzene rings is 2. The lowest BCUT2D eigenvalue weighted by molar-refractivity contribution is 0.616. The van der Waals surface area contributed by atoms with Crippen LogP contribution in [-0.2, 0) is 0 Å². The van der Waals surface area contributed by atoms with Gasteiger partial charge in [0.2, 0.25) is 0 Å². The van der Waals surface area contributed by atoms with Gasteiger partial charge in [-0.25, -0.2) is 8.78 Å². The number of halogens is 2. The first-order chi connectivity index (χ1) is 8.13. The largest absolute Gasteiger partial charge is 0.399 e. The molecule has 0 saturated heterocycles. The van der Waals surface area contributed by atoms with Crippen LogP contribution in [-0.4, -0.2) is 0 Å². The first-order valence-electron chi connectivity index (χ1n) is 4.87. The minimum atomic E-state index is -0.645. The van der Waals surface area contributed by atoms with Crippen molar-refractivity contribution < 1.29 is 8.78 Å². The van der Waals surface area contributed by atoms with E-state index in [4.69, 9.17) is 11.0 Å². The molecule has 0 saturated carbocycles. The van der Waals surface area contributed by atoms with Crippen LogP contribution in [0.5, 0.6) is 0 Å². The Balaban J connectivity index is 2.77. The standard InChI is InChI=1S/C13H8F2N2/c14-11-5-4-9(17)6-10(11)13-8(7-16)2-1-3-12(13)15/h1-6H,17H2. The molecule has 0 spiro atoms. The molecule has 2 aromatic carbocycles. The van der Waals surface area contributed by atoms with Gasteiger partial charge < -0.3 is 5.73 Å². The monoisotopic (exact) mass is 230 g/mol. The number of nitrogen functional groups attached to an aromatic ring is 1. The van der Waals surface area contributed by atoms with Gasteiger partial charge >= 0.3 is 0 Å². The van der Waals surface area contributed by atoms with Crippen LogP contribution in [0.2, 0.25) is 0 Å². The Morgan fingerprint density at radius 2 is 1.82 bits per heavy atom. The molecular formula is C13H8F2N2. The van der Waals surface area contributed by atoms with Gasteiger partial charge in [-0.15, -0.1) is 0 Å². The van der Waals surface area contributed by atoms with E-state index in [1.807, 2.05) is 6.07 Å². The van der Waals surface area contributed by atoms with Crippen molar-refractivity contribution in [2.45, 2.75) is 0 Å². The maximum atomic E-state index is 13.7. The molecule has 0 atom stereocenters. The molecule has 0 aromatic heterocycles. The predicted molar refractivity (Wildman–Crippen MR) is 60.9 cm³/mol. The second-order valence-electron chi connectivity index (χ2n) is 3.51. The summed E-state index contributed by atoms with van der Waals surface area (Å²) in [4.78, 5) is 0. The van der Waals surface area contributed by atoms with Crippen LogP contribution < -0.4 is 5.73 Å². The molecule has 0 radical (unpaired) electrons. The molecule has 0 aliphatic heterocycles. The summed E-state index contributed by atoms with van der Waals surface area (Å²) in [6.45, 7) is 0. The fourth-order valence-corrected chi connectivity index (χ4v) is 1.63. The quantitative estimate of drug-likeness (QED) is 0.765. The molecule has 0 amide bonds. The Hall–Kier alpha value is -2.41. The normalized spacial score (nSPS) is 9.94. The number of anilines is 1. The average Bonchev–Trinajstić information content (AvgIpc) is 2.32. The zero-order valence-electron chi connectivity index (χ0n) is 8.74. The number of rotatable bonds is 1. The Bertz CT molecular complexity index is 615. The van der Waals surface area contributed by atoms with Gasteiger partial charge in [-0.1, -0.05) is 6.07 Å². The second-order valence-corrected chi connectivity index (χ2v) is 3.51. The first-order valence-corrected chi connectivity index (χ1v) is 4.87. The number of nitriles is 1. The van der Waals surface area contributed by atoms with E-state index < -0.39 is 11.6 Å². The number of hydrogen-bond acceptors (Lipinski definition) is 2. The Kier molecular flexibility index (Phi) is 2.75. The summed E-state index contributed by atoms with van der Waals surface area (Å²) in [6, 6.07) is 9.70. The topological polar surface area (TPSA) is 49.8 Å². The highest BCUT2D eigenvalue weighted by Gasteiger charge is 2.14. The van der Waals surface area contributed by atoms with Crippen molar-refractivity contribution in [3.63, 3.8) is 0 Å². The number of nitrogens with two attached hydrogens (primary N) is 1. The summed E-state index contributed by atoms with van der Waals surface area (Å²) in [7, 11) is 0. The summed E-state index contributed by atoms with van der Waals surface area (Å²) >= 11 is 0. The highest BCUT2D eigenvalue weighted by atomic mass is 19.1. The smallest absolute Gasteiger partial charge is 0.132 e. The van der Waals surface area contributed by atoms with Crippen LogP contribution in [0.4, 0.5) is 14.5 Å². The summed E-state index contributed by atoms with van der Waals surface area (Å²) in [5, 5.41) is 8.89. The van der Waals surface area contributed by atoms with Gasteiger partial charge in [0.25, 0.3) is 0 Å². The van der Waals surface area contributed by atoms with Gasteiger partial charge in [0.05, 0.1) is 11.6 Å². The molecule has 0 aliphatic rings. The summed E-state index contributed by atoms with van der Waals surface area (Å²) in [6.07, 6.45) is 0. The van der Waals surface area contributed by atoms with E-state index in [0.29, 0.717) is 5.69 Å². The molecule has 0 aliphatic carbocycles. The van der Waals surface area contributed by atoms with Gasteiger partial charge in [-0.05, 0) is 30.3 Å². The molecule has 0 fully saturated rings. The maximum absolute atomic E-state index is 13.7. The lowest BCUT2D eigenvalue weighted by Crippen LogP contribution is -1.94. The molecule has 4 heteroatoms. The van der Waals surface area contributed by atoms with E-state index in [1.54, 1.807) is 0 Å². The van der Waals surface area contributed by atoms with Crippen molar-refractivity contribution in [1.29, 1.82) is 5.26 Å². The molecule has 0 unspecified atom stereocenters. The minimum Gasteiger partial charge on any atom is -0.399 e. The molecule has 0 heterocycles. The van der Waals surface area contributed by atoms with Crippen molar-refractivity contribution in [1.82, 2.24) is 0 Å². The van der Waals surface area contributed by atoms with Crippen LogP contribution in [0, 0.1) is 23.0 Å². The zero-order valence-corrected chi connectivity index (χ0v) is 8.74. The second kappa shape index (κ2) is 4.22. The van der Waals surface area contributed by atoms with E-state index in [-0.39, 0.29) is 16.7 Å². The van der Waals surface area contributed by atoms with Gasteiger partial charge in [0.15, 0.2) is 0 Å². The van der Waals surface area contributed by atoms with Crippen molar-refractivity contribution in [2.75, 3.05) is 5.73 Å². The average molecular weight is 230 g/mol. The van der Waals surface area contributed by atoms with Gasteiger partial charge in [-0.3, -0.25) is 0 Å². The molecule has 2 nitrogen and oxygen atoms in total. The fraction of sp³-hybridized carbons (Fsp3) is 0. The van der Waals surface area contributed by atoms with E-state index >= 15 is 0 Å².